The minimum atomic E-state index is -1.34. The van der Waals surface area contributed by atoms with Crippen LogP contribution in [0.2, 0.25) is 0 Å². The van der Waals surface area contributed by atoms with Gasteiger partial charge in [-0.2, -0.15) is 0 Å². The zero-order chi connectivity index (χ0) is 32.7. The Hall–Kier alpha value is -3.12. The summed E-state index contributed by atoms with van der Waals surface area (Å²) in [6.45, 7) is 4.92. The number of nitrogens with zero attached hydrogens (tertiary/aromatic N) is 2. The van der Waals surface area contributed by atoms with Crippen LogP contribution in [0.25, 0.3) is 0 Å². The molecule has 11 heteroatoms. The van der Waals surface area contributed by atoms with E-state index < -0.39 is 30.1 Å². The van der Waals surface area contributed by atoms with E-state index in [9.17, 15) is 20.1 Å². The van der Waals surface area contributed by atoms with Crippen molar-refractivity contribution in [2.75, 3.05) is 40.6 Å². The number of oxime groups is 1. The highest BCUT2D eigenvalue weighted by atomic mass is 16.8. The SMILES string of the molecule is C=CCOC12Oc3ccc(O)cc3C3C(CCCCO)C(CCCCO)C=C(C(=NOC4CCCCO4)CC1N(C)C(=O)OC)C32. The fraction of sp³-hybridized carbons (Fsp3) is 0.657. The lowest BCUT2D eigenvalue weighted by Crippen LogP contribution is -2.69. The van der Waals surface area contributed by atoms with Crippen molar-refractivity contribution in [1.29, 1.82) is 0 Å². The number of carbonyl (C=O) groups excluding carboxylic acids is 1. The number of amides is 1. The number of carbonyl (C=O) groups is 1. The van der Waals surface area contributed by atoms with E-state index in [0.717, 1.165) is 56.1 Å². The Labute approximate surface area is 271 Å². The molecule has 0 aromatic heterocycles. The van der Waals surface area contributed by atoms with Gasteiger partial charge in [-0.1, -0.05) is 30.1 Å². The second-order valence-electron chi connectivity index (χ2n) is 12.8. The molecule has 0 bridgehead atoms. The number of phenols is 1. The second kappa shape index (κ2) is 15.6. The number of methoxy groups -OCH3 is 1. The lowest BCUT2D eigenvalue weighted by Gasteiger charge is -2.59. The molecule has 3 N–H and O–H groups in total. The van der Waals surface area contributed by atoms with Gasteiger partial charge in [0, 0.05) is 44.6 Å². The minimum absolute atomic E-state index is 0.0844. The first kappa shape index (κ1) is 34.2. The summed E-state index contributed by atoms with van der Waals surface area (Å²) in [5, 5.41) is 34.8. The van der Waals surface area contributed by atoms with Gasteiger partial charge in [-0.3, -0.25) is 0 Å². The zero-order valence-corrected chi connectivity index (χ0v) is 27.1. The predicted octanol–water partition coefficient (Wildman–Crippen LogP) is 5.25. The molecule has 46 heavy (non-hydrogen) atoms. The number of aromatic hydroxyl groups is 1. The van der Waals surface area contributed by atoms with Crippen molar-refractivity contribution in [3.63, 3.8) is 0 Å². The first-order valence-electron chi connectivity index (χ1n) is 16.7. The highest BCUT2D eigenvalue weighted by molar-refractivity contribution is 6.02. The molecule has 254 valence electrons. The smallest absolute Gasteiger partial charge is 0.409 e. The quantitative estimate of drug-likeness (QED) is 0.141. The number of hydrogen-bond donors (Lipinski definition) is 3. The van der Waals surface area contributed by atoms with Crippen molar-refractivity contribution in [2.45, 2.75) is 88.2 Å². The molecule has 7 unspecified atom stereocenters. The summed E-state index contributed by atoms with van der Waals surface area (Å²) >= 11 is 0. The number of hydrogen-bond acceptors (Lipinski definition) is 10. The molecule has 0 radical (unpaired) electrons. The first-order valence-corrected chi connectivity index (χ1v) is 16.7. The number of benzene rings is 1. The highest BCUT2D eigenvalue weighted by Crippen LogP contribution is 2.61. The lowest BCUT2D eigenvalue weighted by atomic mass is 9.55. The summed E-state index contributed by atoms with van der Waals surface area (Å²) in [4.78, 5) is 20.7. The minimum Gasteiger partial charge on any atom is -0.508 e. The van der Waals surface area contributed by atoms with Gasteiger partial charge < -0.3 is 44.0 Å². The Morgan fingerprint density at radius 2 is 1.96 bits per heavy atom. The Bertz CT molecular complexity index is 1260. The van der Waals surface area contributed by atoms with Crippen LogP contribution in [-0.4, -0.2) is 90.7 Å². The third kappa shape index (κ3) is 6.93. The third-order valence-corrected chi connectivity index (χ3v) is 10.0. The number of allylic oxidation sites excluding steroid dienone is 1. The van der Waals surface area contributed by atoms with E-state index in [1.54, 1.807) is 31.3 Å². The second-order valence-corrected chi connectivity index (χ2v) is 12.8. The molecule has 1 aromatic rings. The van der Waals surface area contributed by atoms with Crippen molar-refractivity contribution in [3.05, 3.63) is 48.1 Å². The Balaban J connectivity index is 1.72. The number of likely N-dealkylation sites (N-methyl/N-ethyl adjacent to an activating group) is 1. The van der Waals surface area contributed by atoms with Crippen molar-refractivity contribution >= 4 is 11.8 Å². The average molecular weight is 643 g/mol. The number of fused-ring (bicyclic) bond motifs is 2. The number of aliphatic hydroxyl groups is 2. The number of aliphatic hydroxyl groups excluding tert-OH is 2. The molecule has 1 aromatic carbocycles. The van der Waals surface area contributed by atoms with Crippen molar-refractivity contribution in [1.82, 2.24) is 4.90 Å². The molecule has 1 saturated carbocycles. The van der Waals surface area contributed by atoms with E-state index in [4.69, 9.17) is 28.9 Å². The lowest BCUT2D eigenvalue weighted by molar-refractivity contribution is -0.253. The number of unbranched alkanes of at least 4 members (excludes halogenated alkanes) is 2. The van der Waals surface area contributed by atoms with Crippen LogP contribution in [0, 0.1) is 17.8 Å². The zero-order valence-electron chi connectivity index (χ0n) is 27.1. The largest absolute Gasteiger partial charge is 0.508 e. The molecule has 2 aliphatic carbocycles. The number of rotatable bonds is 14. The van der Waals surface area contributed by atoms with E-state index in [1.807, 2.05) is 0 Å². The van der Waals surface area contributed by atoms with Gasteiger partial charge in [-0.05, 0) is 74.1 Å². The topological polar surface area (TPSA) is 140 Å². The summed E-state index contributed by atoms with van der Waals surface area (Å²) < 4.78 is 24.7. The van der Waals surface area contributed by atoms with Gasteiger partial charge in [0.05, 0.1) is 32.0 Å². The number of phenolic OH excluding ortho intramolecular Hbond substituents is 1. The third-order valence-electron chi connectivity index (χ3n) is 10.0. The van der Waals surface area contributed by atoms with Crippen LogP contribution in [-0.2, 0) is 19.0 Å². The summed E-state index contributed by atoms with van der Waals surface area (Å²) in [6.07, 6.45) is 10.6. The van der Waals surface area contributed by atoms with Gasteiger partial charge in [0.15, 0.2) is 0 Å². The van der Waals surface area contributed by atoms with Crippen LogP contribution in [0.3, 0.4) is 0 Å². The summed E-state index contributed by atoms with van der Waals surface area (Å²) in [5.41, 5.74) is 2.49. The van der Waals surface area contributed by atoms with Crippen LogP contribution in [0.4, 0.5) is 4.79 Å². The van der Waals surface area contributed by atoms with Gasteiger partial charge in [-0.15, -0.1) is 6.58 Å². The average Bonchev–Trinajstić information content (AvgIpc) is 3.07. The standard InChI is InChI=1S/C35H50N2O9/c1-4-18-44-35-30(37(2)34(41)42-3)22-28(36-46-31-13-7-10-19-43-31)26-20-23(11-5-8-16-38)25(12-6-9-17-39)32(33(26)35)27-21-24(40)14-15-29(27)45-35/h4,14-15,20-21,23,25,30-33,38-40H,1,5-13,16-19,22H2,2-3H3. The van der Waals surface area contributed by atoms with Gasteiger partial charge in [0.1, 0.15) is 17.5 Å². The fourth-order valence-electron chi connectivity index (χ4n) is 7.93. The molecule has 7 atom stereocenters. The molecule has 0 spiro atoms. The first-order chi connectivity index (χ1) is 22.4. The maximum atomic E-state index is 13.2. The van der Waals surface area contributed by atoms with Crippen LogP contribution in [0.5, 0.6) is 11.5 Å². The Morgan fingerprint density at radius 1 is 1.17 bits per heavy atom. The van der Waals surface area contributed by atoms with Gasteiger partial charge in [0.2, 0.25) is 12.1 Å². The van der Waals surface area contributed by atoms with Crippen LogP contribution in [0.15, 0.2) is 47.7 Å². The van der Waals surface area contributed by atoms with E-state index in [0.29, 0.717) is 30.9 Å². The van der Waals surface area contributed by atoms with Gasteiger partial charge >= 0.3 is 6.09 Å². The van der Waals surface area contributed by atoms with Crippen LogP contribution >= 0.6 is 0 Å². The van der Waals surface area contributed by atoms with E-state index in [1.165, 1.54) is 12.0 Å². The molecule has 1 saturated heterocycles. The molecule has 11 nitrogen and oxygen atoms in total. The Morgan fingerprint density at radius 3 is 2.65 bits per heavy atom. The predicted molar refractivity (Wildman–Crippen MR) is 171 cm³/mol. The van der Waals surface area contributed by atoms with Crippen molar-refractivity contribution in [3.8, 4) is 11.5 Å². The maximum absolute atomic E-state index is 13.2. The van der Waals surface area contributed by atoms with Crippen molar-refractivity contribution in [2.24, 2.45) is 22.9 Å². The molecule has 4 aliphatic rings. The van der Waals surface area contributed by atoms with E-state index >= 15 is 0 Å². The van der Waals surface area contributed by atoms with E-state index in [2.05, 4.69) is 12.7 Å². The van der Waals surface area contributed by atoms with Crippen molar-refractivity contribution < 1.29 is 43.9 Å². The molecule has 1 amide bonds. The van der Waals surface area contributed by atoms with Crippen LogP contribution in [0.1, 0.15) is 75.7 Å². The van der Waals surface area contributed by atoms with Gasteiger partial charge in [0.25, 0.3) is 0 Å². The molecule has 2 fully saturated rings. The summed E-state index contributed by atoms with van der Waals surface area (Å²) in [7, 11) is 3.02. The van der Waals surface area contributed by atoms with Crippen LogP contribution < -0.4 is 4.74 Å². The molecular weight excluding hydrogens is 592 g/mol. The Kier molecular flexibility index (Phi) is 11.6. The molecular formula is C35H50N2O9. The number of ether oxygens (including phenoxy) is 4. The fourth-order valence-corrected chi connectivity index (χ4v) is 7.93. The monoisotopic (exact) mass is 642 g/mol. The maximum Gasteiger partial charge on any atom is 0.409 e. The molecule has 2 heterocycles. The normalized spacial score (nSPS) is 30.8. The van der Waals surface area contributed by atoms with E-state index in [-0.39, 0.29) is 49.7 Å². The summed E-state index contributed by atoms with van der Waals surface area (Å²) in [5.74, 6) is -1.06. The molecule has 2 aliphatic heterocycles. The summed E-state index contributed by atoms with van der Waals surface area (Å²) in [6, 6.07) is 4.49. The van der Waals surface area contributed by atoms with Gasteiger partial charge in [-0.25, -0.2) is 4.79 Å². The highest BCUT2D eigenvalue weighted by Gasteiger charge is 2.65. The molecule has 5 rings (SSSR count).